The molecule has 2 rings (SSSR count). The van der Waals surface area contributed by atoms with E-state index in [1.54, 1.807) is 5.57 Å². The molecule has 2 aliphatic rings. The molecule has 80 valence electrons. The molecule has 2 aliphatic heterocycles. The molecule has 1 fully saturated rings. The second-order valence-electron chi connectivity index (χ2n) is 4.48. The first-order valence-corrected chi connectivity index (χ1v) is 6.06. The van der Waals surface area contributed by atoms with E-state index in [1.165, 1.54) is 58.3 Å². The Balaban J connectivity index is 1.67. The summed E-state index contributed by atoms with van der Waals surface area (Å²) < 4.78 is 0. The van der Waals surface area contributed by atoms with Gasteiger partial charge in [0, 0.05) is 13.1 Å². The van der Waals surface area contributed by atoms with E-state index in [1.807, 2.05) is 0 Å². The van der Waals surface area contributed by atoms with Crippen molar-refractivity contribution in [3.8, 4) is 0 Å². The maximum absolute atomic E-state index is 3.44. The standard InChI is InChI=1S/C12H22N2/c1-2-8-14(9-3-1)10-6-12-5-4-7-13-11-12/h5,13H,1-4,6-11H2. The van der Waals surface area contributed by atoms with Gasteiger partial charge in [0.1, 0.15) is 0 Å². The number of hydrogen-bond acceptors (Lipinski definition) is 2. The van der Waals surface area contributed by atoms with Gasteiger partial charge in [-0.1, -0.05) is 18.1 Å². The van der Waals surface area contributed by atoms with E-state index < -0.39 is 0 Å². The Hall–Kier alpha value is -0.340. The van der Waals surface area contributed by atoms with Gasteiger partial charge in [-0.2, -0.15) is 0 Å². The fraction of sp³-hybridized carbons (Fsp3) is 0.833. The van der Waals surface area contributed by atoms with Crippen molar-refractivity contribution in [3.63, 3.8) is 0 Å². The van der Waals surface area contributed by atoms with E-state index in [0.717, 1.165) is 6.54 Å². The predicted octanol–water partition coefficient (Wildman–Crippen LogP) is 1.78. The van der Waals surface area contributed by atoms with Gasteiger partial charge in [0.25, 0.3) is 0 Å². The Morgan fingerprint density at radius 3 is 2.79 bits per heavy atom. The van der Waals surface area contributed by atoms with Gasteiger partial charge in [0.05, 0.1) is 0 Å². The normalized spacial score (nSPS) is 24.7. The van der Waals surface area contributed by atoms with Crippen LogP contribution < -0.4 is 5.32 Å². The molecule has 0 aromatic carbocycles. The van der Waals surface area contributed by atoms with Crippen molar-refractivity contribution < 1.29 is 0 Å². The molecule has 0 saturated carbocycles. The first-order chi connectivity index (χ1) is 6.95. The van der Waals surface area contributed by atoms with Gasteiger partial charge in [0.2, 0.25) is 0 Å². The Bertz CT molecular complexity index is 192. The van der Waals surface area contributed by atoms with Gasteiger partial charge < -0.3 is 10.2 Å². The van der Waals surface area contributed by atoms with Crippen LogP contribution in [-0.4, -0.2) is 37.6 Å². The van der Waals surface area contributed by atoms with Crippen LogP contribution in [0.25, 0.3) is 0 Å². The monoisotopic (exact) mass is 194 g/mol. The smallest absolute Gasteiger partial charge is 0.0165 e. The zero-order valence-electron chi connectivity index (χ0n) is 9.10. The summed E-state index contributed by atoms with van der Waals surface area (Å²) in [7, 11) is 0. The molecule has 0 aromatic rings. The third-order valence-electron chi connectivity index (χ3n) is 3.30. The number of hydrogen-bond donors (Lipinski definition) is 1. The Kier molecular flexibility index (Phi) is 4.02. The van der Waals surface area contributed by atoms with Crippen molar-refractivity contribution >= 4 is 0 Å². The molecule has 0 amide bonds. The fourth-order valence-electron chi connectivity index (χ4n) is 2.37. The van der Waals surface area contributed by atoms with Crippen LogP contribution in [-0.2, 0) is 0 Å². The summed E-state index contributed by atoms with van der Waals surface area (Å²) in [4.78, 5) is 2.62. The van der Waals surface area contributed by atoms with Gasteiger partial charge in [-0.15, -0.1) is 0 Å². The Labute approximate surface area is 87.4 Å². The largest absolute Gasteiger partial charge is 0.313 e. The molecule has 0 atom stereocenters. The third-order valence-corrected chi connectivity index (χ3v) is 3.30. The number of nitrogens with one attached hydrogen (secondary N) is 1. The second-order valence-corrected chi connectivity index (χ2v) is 4.48. The van der Waals surface area contributed by atoms with Crippen LogP contribution in [0, 0.1) is 0 Å². The molecule has 1 N–H and O–H groups in total. The summed E-state index contributed by atoms with van der Waals surface area (Å²) in [6.45, 7) is 6.26. The highest BCUT2D eigenvalue weighted by Gasteiger charge is 2.10. The molecule has 2 nitrogen and oxygen atoms in total. The van der Waals surface area contributed by atoms with E-state index in [2.05, 4.69) is 16.3 Å². The summed E-state index contributed by atoms with van der Waals surface area (Å²) in [6.07, 6.45) is 9.22. The highest BCUT2D eigenvalue weighted by Crippen LogP contribution is 2.12. The molecule has 0 aromatic heterocycles. The van der Waals surface area contributed by atoms with E-state index >= 15 is 0 Å². The summed E-state index contributed by atoms with van der Waals surface area (Å²) in [6, 6.07) is 0. The molecule has 2 heterocycles. The molecule has 0 bridgehead atoms. The summed E-state index contributed by atoms with van der Waals surface area (Å²) >= 11 is 0. The summed E-state index contributed by atoms with van der Waals surface area (Å²) in [5.74, 6) is 0. The van der Waals surface area contributed by atoms with Gasteiger partial charge in [-0.3, -0.25) is 0 Å². The minimum absolute atomic E-state index is 1.13. The van der Waals surface area contributed by atoms with Gasteiger partial charge in [0.15, 0.2) is 0 Å². The molecule has 2 heteroatoms. The van der Waals surface area contributed by atoms with E-state index in [9.17, 15) is 0 Å². The lowest BCUT2D eigenvalue weighted by Gasteiger charge is -2.27. The fourth-order valence-corrected chi connectivity index (χ4v) is 2.37. The van der Waals surface area contributed by atoms with Gasteiger partial charge in [-0.05, 0) is 45.3 Å². The second kappa shape index (κ2) is 5.52. The molecule has 0 unspecified atom stereocenters. The lowest BCUT2D eigenvalue weighted by atomic mass is 10.1. The SMILES string of the molecule is C1=C(CCN2CCCCC2)CNCC1. The average Bonchev–Trinajstić information content (AvgIpc) is 2.29. The van der Waals surface area contributed by atoms with Crippen molar-refractivity contribution in [2.75, 3.05) is 32.7 Å². The molecule has 0 aliphatic carbocycles. The Morgan fingerprint density at radius 2 is 2.07 bits per heavy atom. The molecule has 0 radical (unpaired) electrons. The van der Waals surface area contributed by atoms with Crippen LogP contribution in [0.2, 0.25) is 0 Å². The van der Waals surface area contributed by atoms with Crippen molar-refractivity contribution in [1.82, 2.24) is 10.2 Å². The van der Waals surface area contributed by atoms with E-state index in [0.29, 0.717) is 0 Å². The van der Waals surface area contributed by atoms with Crippen LogP contribution in [0.4, 0.5) is 0 Å². The average molecular weight is 194 g/mol. The van der Waals surface area contributed by atoms with Gasteiger partial charge >= 0.3 is 0 Å². The Morgan fingerprint density at radius 1 is 1.21 bits per heavy atom. The number of nitrogens with zero attached hydrogens (tertiary/aromatic N) is 1. The minimum Gasteiger partial charge on any atom is -0.313 e. The zero-order valence-corrected chi connectivity index (χ0v) is 9.10. The van der Waals surface area contributed by atoms with E-state index in [-0.39, 0.29) is 0 Å². The van der Waals surface area contributed by atoms with Crippen molar-refractivity contribution in [2.45, 2.75) is 32.1 Å². The van der Waals surface area contributed by atoms with Gasteiger partial charge in [-0.25, -0.2) is 0 Å². The summed E-state index contributed by atoms with van der Waals surface area (Å²) in [5.41, 5.74) is 1.63. The van der Waals surface area contributed by atoms with Crippen molar-refractivity contribution in [3.05, 3.63) is 11.6 Å². The predicted molar refractivity (Wildman–Crippen MR) is 60.5 cm³/mol. The van der Waals surface area contributed by atoms with Crippen LogP contribution in [0.3, 0.4) is 0 Å². The zero-order chi connectivity index (χ0) is 9.64. The van der Waals surface area contributed by atoms with Crippen molar-refractivity contribution in [2.24, 2.45) is 0 Å². The van der Waals surface area contributed by atoms with Crippen LogP contribution in [0.1, 0.15) is 32.1 Å². The first-order valence-electron chi connectivity index (χ1n) is 6.06. The lowest BCUT2D eigenvalue weighted by Crippen LogP contribution is -2.32. The quantitative estimate of drug-likeness (QED) is 0.689. The number of piperidine rings is 1. The maximum Gasteiger partial charge on any atom is 0.0165 e. The molecule has 14 heavy (non-hydrogen) atoms. The van der Waals surface area contributed by atoms with E-state index in [4.69, 9.17) is 0 Å². The first kappa shape index (κ1) is 10.2. The molecule has 1 saturated heterocycles. The summed E-state index contributed by atoms with van der Waals surface area (Å²) in [5, 5.41) is 3.44. The topological polar surface area (TPSA) is 15.3 Å². The third kappa shape index (κ3) is 3.10. The number of rotatable bonds is 3. The van der Waals surface area contributed by atoms with Crippen molar-refractivity contribution in [1.29, 1.82) is 0 Å². The highest BCUT2D eigenvalue weighted by molar-refractivity contribution is 5.07. The van der Waals surface area contributed by atoms with Crippen LogP contribution >= 0.6 is 0 Å². The molecule has 0 spiro atoms. The van der Waals surface area contributed by atoms with Crippen LogP contribution in [0.5, 0.6) is 0 Å². The highest BCUT2D eigenvalue weighted by atomic mass is 15.1. The van der Waals surface area contributed by atoms with Crippen LogP contribution in [0.15, 0.2) is 11.6 Å². The lowest BCUT2D eigenvalue weighted by molar-refractivity contribution is 0.230. The minimum atomic E-state index is 1.13. The maximum atomic E-state index is 3.44. The number of likely N-dealkylation sites (tertiary alicyclic amines) is 1. The molecular formula is C12H22N2. The molecular weight excluding hydrogens is 172 g/mol.